The molecule has 0 atom stereocenters. The summed E-state index contributed by atoms with van der Waals surface area (Å²) in [6.45, 7) is 6.12. The van der Waals surface area contributed by atoms with Crippen LogP contribution in [0.4, 0.5) is 0 Å². The second-order valence-corrected chi connectivity index (χ2v) is 10.7. The van der Waals surface area contributed by atoms with Crippen LogP contribution in [0.15, 0.2) is 89.7 Å². The number of aryl methyl sites for hydroxylation is 1. The van der Waals surface area contributed by atoms with E-state index >= 15 is 0 Å². The molecule has 0 radical (unpaired) electrons. The molecule has 1 aliphatic heterocycles. The van der Waals surface area contributed by atoms with Crippen LogP contribution in [0.25, 0.3) is 21.9 Å². The van der Waals surface area contributed by atoms with Crippen LogP contribution in [-0.2, 0) is 20.1 Å². The summed E-state index contributed by atoms with van der Waals surface area (Å²) >= 11 is 0. The smallest absolute Gasteiger partial charge is 0.326 e. The first-order valence-corrected chi connectivity index (χ1v) is 13.9. The summed E-state index contributed by atoms with van der Waals surface area (Å²) in [5.74, 6) is 0. The highest BCUT2D eigenvalue weighted by atomic mass is 16.1. The first kappa shape index (κ1) is 24.7. The summed E-state index contributed by atoms with van der Waals surface area (Å²) in [5, 5.41) is 1.31. The molecule has 5 aromatic rings. The predicted molar refractivity (Wildman–Crippen MR) is 155 cm³/mol. The van der Waals surface area contributed by atoms with Crippen LogP contribution in [0, 0.1) is 0 Å². The minimum absolute atomic E-state index is 0.0227. The van der Waals surface area contributed by atoms with Gasteiger partial charge in [-0.05, 0) is 61.0 Å². The van der Waals surface area contributed by atoms with Crippen molar-refractivity contribution in [2.75, 3.05) is 26.2 Å². The van der Waals surface area contributed by atoms with Gasteiger partial charge in [0.15, 0.2) is 0 Å². The minimum atomic E-state index is 0.0227. The van der Waals surface area contributed by atoms with Gasteiger partial charge in [0.25, 0.3) is 0 Å². The van der Waals surface area contributed by atoms with E-state index in [4.69, 9.17) is 0 Å². The lowest BCUT2D eigenvalue weighted by Gasteiger charge is -2.33. The lowest BCUT2D eigenvalue weighted by Crippen LogP contribution is -2.38. The van der Waals surface area contributed by atoms with Crippen LogP contribution >= 0.6 is 0 Å². The third-order valence-electron chi connectivity index (χ3n) is 8.18. The molecule has 3 heterocycles. The van der Waals surface area contributed by atoms with Gasteiger partial charge in [-0.3, -0.25) is 9.47 Å². The van der Waals surface area contributed by atoms with Gasteiger partial charge in [0.05, 0.1) is 11.0 Å². The molecule has 6 rings (SSSR count). The quantitative estimate of drug-likeness (QED) is 0.285. The Morgan fingerprint density at radius 2 is 1.58 bits per heavy atom. The molecule has 6 nitrogen and oxygen atoms in total. The average Bonchev–Trinajstić information content (AvgIpc) is 3.45. The van der Waals surface area contributed by atoms with E-state index in [1.165, 1.54) is 22.2 Å². The second-order valence-electron chi connectivity index (χ2n) is 10.7. The van der Waals surface area contributed by atoms with Crippen molar-refractivity contribution in [3.63, 3.8) is 0 Å². The van der Waals surface area contributed by atoms with E-state index < -0.39 is 0 Å². The van der Waals surface area contributed by atoms with Crippen molar-refractivity contribution >= 4 is 21.9 Å². The number of likely N-dealkylation sites (tertiary alicyclic amines) is 1. The topological polar surface area (TPSA) is 49.2 Å². The molecular formula is C32H37N5O. The summed E-state index contributed by atoms with van der Waals surface area (Å²) in [6, 6.07) is 30.1. The zero-order chi connectivity index (χ0) is 25.9. The highest BCUT2D eigenvalue weighted by molar-refractivity contribution is 5.81. The van der Waals surface area contributed by atoms with Crippen molar-refractivity contribution in [2.45, 2.75) is 38.4 Å². The average molecular weight is 508 g/mol. The monoisotopic (exact) mass is 507 g/mol. The number of benzene rings is 3. The third kappa shape index (κ3) is 5.19. The number of rotatable bonds is 9. The minimum Gasteiger partial charge on any atom is -0.346 e. The number of aromatic nitrogens is 3. The van der Waals surface area contributed by atoms with Crippen LogP contribution in [0.2, 0.25) is 0 Å². The molecule has 1 saturated heterocycles. The Balaban J connectivity index is 1.08. The van der Waals surface area contributed by atoms with Gasteiger partial charge < -0.3 is 14.5 Å². The van der Waals surface area contributed by atoms with Gasteiger partial charge >= 0.3 is 5.69 Å². The fourth-order valence-corrected chi connectivity index (χ4v) is 6.14. The lowest BCUT2D eigenvalue weighted by molar-refractivity contribution is 0.169. The molecule has 0 unspecified atom stereocenters. The lowest BCUT2D eigenvalue weighted by atomic mass is 10.0. The molecule has 1 aliphatic rings. The fraction of sp³-hybridized carbons (Fsp3) is 0.344. The number of hydrogen-bond acceptors (Lipinski definition) is 3. The van der Waals surface area contributed by atoms with Crippen LogP contribution in [-0.4, -0.2) is 50.1 Å². The molecule has 0 bridgehead atoms. The molecule has 6 heteroatoms. The van der Waals surface area contributed by atoms with Crippen LogP contribution in [0.5, 0.6) is 0 Å². The Morgan fingerprint density at radius 3 is 2.37 bits per heavy atom. The Morgan fingerprint density at radius 1 is 0.868 bits per heavy atom. The summed E-state index contributed by atoms with van der Waals surface area (Å²) in [4.78, 5) is 20.8. The highest BCUT2D eigenvalue weighted by Crippen LogP contribution is 2.25. The van der Waals surface area contributed by atoms with Crippen molar-refractivity contribution in [2.24, 2.45) is 7.05 Å². The van der Waals surface area contributed by atoms with Crippen molar-refractivity contribution in [1.82, 2.24) is 23.9 Å². The standard InChI is InChI=1S/C32H37N5O/c1-34-28(22-26-12-5-7-14-30(26)34)24-36(23-25-10-3-2-4-11-25)19-9-18-35-20-16-27(17-21-35)37-31-15-8-6-13-29(31)33-32(37)38/h2-8,10-15,22,27H,9,16-21,23-24H2,1H3,(H,33,38). The molecule has 196 valence electrons. The zero-order valence-corrected chi connectivity index (χ0v) is 22.2. The van der Waals surface area contributed by atoms with Gasteiger partial charge in [0.1, 0.15) is 0 Å². The number of piperidine rings is 1. The van der Waals surface area contributed by atoms with Crippen molar-refractivity contribution in [3.8, 4) is 0 Å². The molecular weight excluding hydrogens is 470 g/mol. The summed E-state index contributed by atoms with van der Waals surface area (Å²) in [7, 11) is 2.18. The third-order valence-corrected chi connectivity index (χ3v) is 8.18. The molecule has 1 N–H and O–H groups in total. The maximum Gasteiger partial charge on any atom is 0.326 e. The number of hydrogen-bond donors (Lipinski definition) is 1. The SMILES string of the molecule is Cn1c(CN(CCCN2CCC(n3c(=O)[nH]c4ccccc43)CC2)Cc2ccccc2)cc2ccccc21. The van der Waals surface area contributed by atoms with Crippen LogP contribution < -0.4 is 5.69 Å². The largest absolute Gasteiger partial charge is 0.346 e. The number of H-pyrrole nitrogens is 1. The predicted octanol–water partition coefficient (Wildman–Crippen LogP) is 5.55. The highest BCUT2D eigenvalue weighted by Gasteiger charge is 2.23. The fourth-order valence-electron chi connectivity index (χ4n) is 6.14. The zero-order valence-electron chi connectivity index (χ0n) is 22.2. The van der Waals surface area contributed by atoms with Gasteiger partial charge in [0, 0.05) is 57.0 Å². The molecule has 2 aromatic heterocycles. The summed E-state index contributed by atoms with van der Waals surface area (Å²) in [5.41, 5.74) is 5.99. The van der Waals surface area contributed by atoms with Crippen molar-refractivity contribution in [1.29, 1.82) is 0 Å². The first-order valence-electron chi connectivity index (χ1n) is 13.9. The Bertz CT molecular complexity index is 1560. The van der Waals surface area contributed by atoms with Gasteiger partial charge in [-0.2, -0.15) is 0 Å². The van der Waals surface area contributed by atoms with Crippen LogP contribution in [0.3, 0.4) is 0 Å². The molecule has 1 fully saturated rings. The van der Waals surface area contributed by atoms with E-state index in [0.717, 1.165) is 69.6 Å². The number of fused-ring (bicyclic) bond motifs is 2. The van der Waals surface area contributed by atoms with Crippen molar-refractivity contribution in [3.05, 3.63) is 107 Å². The van der Waals surface area contributed by atoms with E-state index in [0.29, 0.717) is 0 Å². The number of nitrogens with one attached hydrogen (secondary N) is 1. The van der Waals surface area contributed by atoms with E-state index in [2.05, 4.69) is 93.1 Å². The van der Waals surface area contributed by atoms with Gasteiger partial charge in [-0.15, -0.1) is 0 Å². The molecule has 3 aromatic carbocycles. The summed E-state index contributed by atoms with van der Waals surface area (Å²) in [6.07, 6.45) is 3.17. The van der Waals surface area contributed by atoms with E-state index in [9.17, 15) is 4.79 Å². The molecule has 38 heavy (non-hydrogen) atoms. The number of imidazole rings is 1. The van der Waals surface area contributed by atoms with E-state index in [-0.39, 0.29) is 11.7 Å². The first-order chi connectivity index (χ1) is 18.7. The Labute approximate surface area is 224 Å². The maximum absolute atomic E-state index is 12.6. The van der Waals surface area contributed by atoms with Gasteiger partial charge in [-0.1, -0.05) is 60.7 Å². The summed E-state index contributed by atoms with van der Waals surface area (Å²) < 4.78 is 4.32. The molecule has 0 amide bonds. The van der Waals surface area contributed by atoms with Crippen molar-refractivity contribution < 1.29 is 0 Å². The number of aromatic amines is 1. The van der Waals surface area contributed by atoms with E-state index in [1.807, 2.05) is 22.8 Å². The molecule has 0 aliphatic carbocycles. The second kappa shape index (κ2) is 11.0. The maximum atomic E-state index is 12.6. The van der Waals surface area contributed by atoms with E-state index in [1.54, 1.807) is 0 Å². The Hall–Kier alpha value is -3.61. The number of nitrogens with zero attached hydrogens (tertiary/aromatic N) is 4. The molecule has 0 spiro atoms. The normalized spacial score (nSPS) is 15.2. The van der Waals surface area contributed by atoms with Gasteiger partial charge in [-0.25, -0.2) is 4.79 Å². The van der Waals surface area contributed by atoms with Crippen LogP contribution in [0.1, 0.15) is 36.6 Å². The number of para-hydroxylation sites is 3. The Kier molecular flexibility index (Phi) is 7.16. The molecule has 0 saturated carbocycles. The van der Waals surface area contributed by atoms with Gasteiger partial charge in [0.2, 0.25) is 0 Å².